The summed E-state index contributed by atoms with van der Waals surface area (Å²) in [5.41, 5.74) is -1.40. The summed E-state index contributed by atoms with van der Waals surface area (Å²) in [6, 6.07) is 11.6. The lowest BCUT2D eigenvalue weighted by atomic mass is 9.82. The Bertz CT molecular complexity index is 1920. The fourth-order valence-corrected chi connectivity index (χ4v) is 6.03. The molecule has 13 heteroatoms. The number of aryl methyl sites for hydroxylation is 1. The molecule has 1 fully saturated rings. The fourth-order valence-electron chi connectivity index (χ4n) is 5.42. The van der Waals surface area contributed by atoms with E-state index in [0.717, 1.165) is 49.2 Å². The van der Waals surface area contributed by atoms with Crippen LogP contribution in [0.4, 0.5) is 24.7 Å². The van der Waals surface area contributed by atoms with E-state index < -0.39 is 27.4 Å². The van der Waals surface area contributed by atoms with E-state index in [1.54, 1.807) is 19.1 Å². The number of nitrogens with one attached hydrogen (secondary N) is 1. The van der Waals surface area contributed by atoms with Gasteiger partial charge in [0.1, 0.15) is 16.5 Å². The summed E-state index contributed by atoms with van der Waals surface area (Å²) in [5.74, 6) is 0.0644. The number of halogens is 4. The molecular weight excluding hydrogens is 631 g/mol. The molecule has 240 valence electrons. The Balaban J connectivity index is 1.50. The first-order valence-corrected chi connectivity index (χ1v) is 16.1. The van der Waals surface area contributed by atoms with Gasteiger partial charge in [0.2, 0.25) is 5.88 Å². The number of nitrogens with zero attached hydrogens (tertiary/aromatic N) is 2. The van der Waals surface area contributed by atoms with Crippen molar-refractivity contribution in [3.05, 3.63) is 80.6 Å². The number of benzene rings is 2. The zero-order valence-corrected chi connectivity index (χ0v) is 27.0. The van der Waals surface area contributed by atoms with Crippen molar-refractivity contribution in [3.63, 3.8) is 0 Å². The molecule has 5 rings (SSSR count). The Morgan fingerprint density at radius 3 is 2.33 bits per heavy atom. The van der Waals surface area contributed by atoms with Crippen LogP contribution < -0.4 is 19.8 Å². The number of alkyl halides is 3. The van der Waals surface area contributed by atoms with Crippen molar-refractivity contribution in [3.8, 4) is 17.0 Å². The van der Waals surface area contributed by atoms with E-state index in [-0.39, 0.29) is 16.0 Å². The molecule has 0 amide bonds. The van der Waals surface area contributed by atoms with Gasteiger partial charge in [-0.05, 0) is 87.1 Å². The summed E-state index contributed by atoms with van der Waals surface area (Å²) in [6.45, 7) is 11.7. The number of fused-ring (bicyclic) bond motifs is 1. The van der Waals surface area contributed by atoms with Gasteiger partial charge in [-0.3, -0.25) is 4.79 Å². The zero-order valence-electron chi connectivity index (χ0n) is 25.4. The number of anilines is 2. The molecule has 4 aromatic rings. The van der Waals surface area contributed by atoms with Crippen LogP contribution in [-0.2, 0) is 10.1 Å². The Morgan fingerprint density at radius 2 is 1.71 bits per heavy atom. The van der Waals surface area contributed by atoms with E-state index in [1.807, 2.05) is 26.0 Å². The molecule has 8 nitrogen and oxygen atoms in total. The van der Waals surface area contributed by atoms with E-state index in [0.29, 0.717) is 39.4 Å². The summed E-state index contributed by atoms with van der Waals surface area (Å²) in [5, 5.41) is 4.06. The summed E-state index contributed by atoms with van der Waals surface area (Å²) >= 11 is 6.21. The maximum absolute atomic E-state index is 13.6. The van der Waals surface area contributed by atoms with E-state index in [2.05, 4.69) is 33.2 Å². The molecule has 2 aromatic heterocycles. The molecule has 0 radical (unpaired) electrons. The predicted octanol–water partition coefficient (Wildman–Crippen LogP) is 8.15. The van der Waals surface area contributed by atoms with Gasteiger partial charge in [-0.1, -0.05) is 31.5 Å². The van der Waals surface area contributed by atoms with Crippen molar-refractivity contribution in [2.75, 3.05) is 23.3 Å². The SMILES string of the molecule is Cc1cc(C(C)Nc2ccc(Cl)nc2-c2ccc(OS(=O)(=O)C(F)(F)F)cc2)c2oc(N3CCC(C)(C)CC3)c(C)c(=O)c2c1. The highest BCUT2D eigenvalue weighted by molar-refractivity contribution is 7.88. The van der Waals surface area contributed by atoms with Gasteiger partial charge in [-0.15, -0.1) is 0 Å². The minimum absolute atomic E-state index is 0.0862. The maximum atomic E-state index is 13.6. The average Bonchev–Trinajstić information content (AvgIpc) is 2.95. The normalized spacial score (nSPS) is 16.1. The van der Waals surface area contributed by atoms with E-state index in [9.17, 15) is 26.4 Å². The first kappa shape index (κ1) is 32.6. The highest BCUT2D eigenvalue weighted by Gasteiger charge is 2.48. The van der Waals surface area contributed by atoms with Crippen molar-refractivity contribution in [2.45, 2.75) is 59.0 Å². The second-order valence-electron chi connectivity index (χ2n) is 12.1. The maximum Gasteiger partial charge on any atom is 0.534 e. The van der Waals surface area contributed by atoms with Gasteiger partial charge in [0, 0.05) is 24.2 Å². The van der Waals surface area contributed by atoms with Crippen LogP contribution in [0.15, 0.2) is 57.7 Å². The number of piperidine rings is 1. The number of pyridine rings is 1. The third kappa shape index (κ3) is 6.76. The van der Waals surface area contributed by atoms with Crippen molar-refractivity contribution in [2.24, 2.45) is 5.41 Å². The Kier molecular flexibility index (Phi) is 8.60. The van der Waals surface area contributed by atoms with Crippen LogP contribution in [0, 0.1) is 19.3 Å². The van der Waals surface area contributed by atoms with E-state index in [4.69, 9.17) is 16.0 Å². The third-order valence-corrected chi connectivity index (χ3v) is 9.28. The molecule has 0 aliphatic carbocycles. The van der Waals surface area contributed by atoms with E-state index >= 15 is 0 Å². The molecule has 1 N–H and O–H groups in total. The van der Waals surface area contributed by atoms with Crippen LogP contribution in [0.2, 0.25) is 5.15 Å². The second kappa shape index (κ2) is 11.9. The summed E-state index contributed by atoms with van der Waals surface area (Å²) < 4.78 is 71.8. The molecular formula is C32H33ClF3N3O5S. The van der Waals surface area contributed by atoms with Crippen LogP contribution in [0.3, 0.4) is 0 Å². The van der Waals surface area contributed by atoms with Crippen molar-refractivity contribution in [1.82, 2.24) is 4.98 Å². The second-order valence-corrected chi connectivity index (χ2v) is 14.1. The monoisotopic (exact) mass is 663 g/mol. The van der Waals surface area contributed by atoms with Crippen molar-refractivity contribution < 1.29 is 30.2 Å². The van der Waals surface area contributed by atoms with Gasteiger partial charge in [0.25, 0.3) is 0 Å². The zero-order chi connectivity index (χ0) is 32.9. The summed E-state index contributed by atoms with van der Waals surface area (Å²) in [6.07, 6.45) is 1.95. The lowest BCUT2D eigenvalue weighted by Gasteiger charge is -2.37. The largest absolute Gasteiger partial charge is 0.534 e. The molecule has 1 unspecified atom stereocenters. The Hall–Kier alpha value is -3.77. The van der Waals surface area contributed by atoms with Crippen LogP contribution in [-0.4, -0.2) is 32.0 Å². The standard InChI is InChI=1S/C32H33ClF3N3O5S/c1-18-16-23(29-24(17-18)28(40)19(2)30(43-29)39-14-12-31(4,5)13-15-39)20(3)37-25-10-11-26(33)38-27(25)21-6-8-22(9-7-21)44-45(41,42)32(34,35)36/h6-11,16-17,20,37H,12-15H2,1-5H3. The number of hydrogen-bond acceptors (Lipinski definition) is 8. The molecule has 2 aromatic carbocycles. The molecule has 45 heavy (non-hydrogen) atoms. The fraction of sp³-hybridized carbons (Fsp3) is 0.375. The highest BCUT2D eigenvalue weighted by atomic mass is 35.5. The molecule has 1 saturated heterocycles. The Morgan fingerprint density at radius 1 is 1.07 bits per heavy atom. The minimum Gasteiger partial charge on any atom is -0.440 e. The smallest absolute Gasteiger partial charge is 0.440 e. The molecule has 1 atom stereocenters. The van der Waals surface area contributed by atoms with Crippen molar-refractivity contribution in [1.29, 1.82) is 0 Å². The van der Waals surface area contributed by atoms with Crippen molar-refractivity contribution >= 4 is 44.3 Å². The topological polar surface area (TPSA) is 102 Å². The van der Waals surface area contributed by atoms with Crippen LogP contribution in [0.25, 0.3) is 22.2 Å². The number of rotatable bonds is 7. The molecule has 1 aliphatic heterocycles. The van der Waals surface area contributed by atoms with Gasteiger partial charge in [-0.25, -0.2) is 4.98 Å². The van der Waals surface area contributed by atoms with Gasteiger partial charge in [-0.2, -0.15) is 21.6 Å². The molecule has 1 aliphatic rings. The quantitative estimate of drug-likeness (QED) is 0.120. The highest BCUT2D eigenvalue weighted by Crippen LogP contribution is 2.37. The molecule has 0 saturated carbocycles. The van der Waals surface area contributed by atoms with Crippen LogP contribution >= 0.6 is 11.6 Å². The Labute approximate surface area is 264 Å². The predicted molar refractivity (Wildman–Crippen MR) is 170 cm³/mol. The van der Waals surface area contributed by atoms with Gasteiger partial charge >= 0.3 is 15.6 Å². The number of aromatic nitrogens is 1. The first-order chi connectivity index (χ1) is 21.0. The lowest BCUT2D eigenvalue weighted by Crippen LogP contribution is -2.38. The molecule has 3 heterocycles. The summed E-state index contributed by atoms with van der Waals surface area (Å²) in [4.78, 5) is 20.2. The van der Waals surface area contributed by atoms with Gasteiger partial charge in [0.05, 0.1) is 28.4 Å². The third-order valence-electron chi connectivity index (χ3n) is 8.09. The molecule has 0 spiro atoms. The minimum atomic E-state index is -5.82. The average molecular weight is 664 g/mol. The summed E-state index contributed by atoms with van der Waals surface area (Å²) in [7, 11) is -5.82. The lowest BCUT2D eigenvalue weighted by molar-refractivity contribution is -0.0500. The van der Waals surface area contributed by atoms with Crippen LogP contribution in [0.5, 0.6) is 5.75 Å². The number of hydrogen-bond donors (Lipinski definition) is 1. The van der Waals surface area contributed by atoms with Gasteiger partial charge < -0.3 is 18.8 Å². The van der Waals surface area contributed by atoms with Crippen LogP contribution in [0.1, 0.15) is 56.3 Å². The first-order valence-electron chi connectivity index (χ1n) is 14.3. The van der Waals surface area contributed by atoms with Gasteiger partial charge in [0.15, 0.2) is 5.43 Å². The molecule has 0 bridgehead atoms. The van der Waals surface area contributed by atoms with E-state index in [1.165, 1.54) is 12.1 Å².